The van der Waals surface area contributed by atoms with Gasteiger partial charge in [-0.05, 0) is 102 Å². The van der Waals surface area contributed by atoms with Crippen LogP contribution in [0.15, 0.2) is 48.5 Å². The molecule has 1 atom stereocenters. The zero-order valence-corrected chi connectivity index (χ0v) is 28.5. The number of hydrogen-bond donors (Lipinski definition) is 2. The molecule has 0 radical (unpaired) electrons. The Morgan fingerprint density at radius 3 is 1.91 bits per heavy atom. The number of amides is 2. The normalized spacial score (nSPS) is 14.6. The van der Waals surface area contributed by atoms with E-state index in [1.165, 1.54) is 6.07 Å². The molecule has 44 heavy (non-hydrogen) atoms. The number of nitrogens with zero attached hydrogens (tertiary/aromatic N) is 1. The van der Waals surface area contributed by atoms with Crippen LogP contribution in [-0.4, -0.2) is 30.1 Å². The van der Waals surface area contributed by atoms with Crippen molar-refractivity contribution in [3.63, 3.8) is 0 Å². The smallest absolute Gasteiger partial charge is 0.357 e. The molecular weight excluding hydrogens is 599 g/mol. The van der Waals surface area contributed by atoms with Crippen molar-refractivity contribution in [1.29, 1.82) is 0 Å². The molecule has 1 heterocycles. The molecule has 1 aliphatic heterocycles. The quantitative estimate of drug-likeness (QED) is 0.177. The van der Waals surface area contributed by atoms with E-state index in [9.17, 15) is 19.3 Å². The van der Waals surface area contributed by atoms with E-state index in [4.69, 9.17) is 20.6 Å². The Hall–Kier alpha value is -3.16. The minimum absolute atomic E-state index is 0.160. The standard InChI is InChI=1S/C34H42ClN2O6P/c1-10-42-44(41,43-11-2)30(21-17-26(33(4,5)6)29(38)27(18-21)34(7,8)9)36-23-13-15-28(20(3)16-23)37-31(39)24-14-12-22(35)19-25(24)32(37)40/h12-19,30,36,38H,10-11H2,1-9H3. The molecule has 1 unspecified atom stereocenters. The van der Waals surface area contributed by atoms with E-state index >= 15 is 0 Å². The van der Waals surface area contributed by atoms with Gasteiger partial charge in [0.05, 0.1) is 30.0 Å². The van der Waals surface area contributed by atoms with Crippen LogP contribution in [0.3, 0.4) is 0 Å². The summed E-state index contributed by atoms with van der Waals surface area (Å²) in [6, 6.07) is 13.6. The number of imide groups is 1. The van der Waals surface area contributed by atoms with Crippen LogP contribution in [0.5, 0.6) is 5.75 Å². The maximum atomic E-state index is 14.4. The van der Waals surface area contributed by atoms with Crippen molar-refractivity contribution in [3.05, 3.63) is 86.9 Å². The molecule has 4 rings (SSSR count). The van der Waals surface area contributed by atoms with Gasteiger partial charge in [0.2, 0.25) is 0 Å². The molecule has 1 aliphatic rings. The molecule has 236 valence electrons. The van der Waals surface area contributed by atoms with Crippen molar-refractivity contribution in [1.82, 2.24) is 0 Å². The number of benzene rings is 3. The number of carbonyl (C=O) groups is 2. The highest BCUT2D eigenvalue weighted by Crippen LogP contribution is 2.61. The van der Waals surface area contributed by atoms with E-state index in [1.807, 2.05) is 53.7 Å². The molecule has 3 aromatic rings. The number of fused-ring (bicyclic) bond motifs is 1. The number of anilines is 2. The molecule has 0 saturated carbocycles. The van der Waals surface area contributed by atoms with E-state index in [1.54, 1.807) is 51.1 Å². The number of phenols is 1. The summed E-state index contributed by atoms with van der Waals surface area (Å²) in [5.41, 5.74) is 3.45. The lowest BCUT2D eigenvalue weighted by Crippen LogP contribution is -2.30. The molecule has 8 nitrogen and oxygen atoms in total. The Kier molecular flexibility index (Phi) is 9.44. The second-order valence-corrected chi connectivity index (χ2v) is 15.6. The van der Waals surface area contributed by atoms with Gasteiger partial charge >= 0.3 is 7.60 Å². The van der Waals surface area contributed by atoms with Gasteiger partial charge in [0.15, 0.2) is 5.78 Å². The molecule has 2 N–H and O–H groups in total. The van der Waals surface area contributed by atoms with Gasteiger partial charge in [-0.3, -0.25) is 14.2 Å². The highest BCUT2D eigenvalue weighted by atomic mass is 35.5. The Balaban J connectivity index is 1.83. The number of aryl methyl sites for hydroxylation is 1. The lowest BCUT2D eigenvalue weighted by atomic mass is 9.78. The summed E-state index contributed by atoms with van der Waals surface area (Å²) >= 11 is 6.09. The van der Waals surface area contributed by atoms with Crippen molar-refractivity contribution in [2.24, 2.45) is 0 Å². The van der Waals surface area contributed by atoms with Crippen LogP contribution in [0.2, 0.25) is 5.02 Å². The number of aromatic hydroxyl groups is 1. The van der Waals surface area contributed by atoms with Crippen molar-refractivity contribution in [2.75, 3.05) is 23.4 Å². The third-order valence-corrected chi connectivity index (χ3v) is 10.1. The first kappa shape index (κ1) is 33.7. The van der Waals surface area contributed by atoms with Crippen LogP contribution in [0.1, 0.15) is 104 Å². The minimum atomic E-state index is -3.81. The van der Waals surface area contributed by atoms with Gasteiger partial charge in [-0.15, -0.1) is 0 Å². The van der Waals surface area contributed by atoms with Gasteiger partial charge in [-0.25, -0.2) is 4.90 Å². The Morgan fingerprint density at radius 1 is 0.864 bits per heavy atom. The second-order valence-electron chi connectivity index (χ2n) is 13.0. The van der Waals surface area contributed by atoms with Gasteiger partial charge in [0.25, 0.3) is 11.8 Å². The first-order valence-corrected chi connectivity index (χ1v) is 16.7. The number of carbonyl (C=O) groups excluding carboxylic acids is 2. The molecule has 3 aromatic carbocycles. The van der Waals surface area contributed by atoms with Crippen molar-refractivity contribution < 1.29 is 28.3 Å². The summed E-state index contributed by atoms with van der Waals surface area (Å²) in [5, 5.41) is 15.1. The summed E-state index contributed by atoms with van der Waals surface area (Å²) < 4.78 is 26.1. The fraction of sp³-hybridized carbons (Fsp3) is 0.412. The zero-order valence-electron chi connectivity index (χ0n) is 26.9. The average Bonchev–Trinajstić information content (AvgIpc) is 3.15. The summed E-state index contributed by atoms with van der Waals surface area (Å²) in [6.07, 6.45) is 0. The third-order valence-electron chi connectivity index (χ3n) is 7.59. The molecule has 2 amide bonds. The van der Waals surface area contributed by atoms with Gasteiger partial charge in [0.1, 0.15) is 5.75 Å². The number of nitrogens with one attached hydrogen (secondary N) is 1. The Morgan fingerprint density at radius 2 is 1.41 bits per heavy atom. The summed E-state index contributed by atoms with van der Waals surface area (Å²) in [7, 11) is -3.81. The van der Waals surface area contributed by atoms with Crippen LogP contribution in [0.25, 0.3) is 0 Å². The van der Waals surface area contributed by atoms with Gasteiger partial charge in [-0.1, -0.05) is 53.1 Å². The van der Waals surface area contributed by atoms with Gasteiger partial charge < -0.3 is 19.5 Å². The van der Waals surface area contributed by atoms with E-state index in [0.717, 1.165) is 4.90 Å². The SMILES string of the molecule is CCOP(=O)(OCC)C(Nc1ccc(N2C(=O)c3ccc(Cl)cc3C2=O)c(C)c1)c1cc(C(C)(C)C)c(O)c(C(C)(C)C)c1. The maximum Gasteiger partial charge on any atom is 0.357 e. The number of hydrogen-bond acceptors (Lipinski definition) is 7. The Labute approximate surface area is 265 Å². The molecule has 0 aliphatic carbocycles. The van der Waals surface area contributed by atoms with Gasteiger partial charge in [-0.2, -0.15) is 0 Å². The maximum absolute atomic E-state index is 14.4. The van der Waals surface area contributed by atoms with E-state index in [0.29, 0.717) is 44.2 Å². The fourth-order valence-corrected chi connectivity index (χ4v) is 7.52. The summed E-state index contributed by atoms with van der Waals surface area (Å²) in [6.45, 7) is 17.7. The van der Waals surface area contributed by atoms with E-state index in [-0.39, 0.29) is 24.5 Å². The molecule has 0 spiro atoms. The van der Waals surface area contributed by atoms with Crippen LogP contribution < -0.4 is 10.2 Å². The third kappa shape index (κ3) is 6.45. The largest absolute Gasteiger partial charge is 0.507 e. The number of halogens is 1. The Bertz CT molecular complexity index is 1610. The first-order chi connectivity index (χ1) is 20.4. The van der Waals surface area contributed by atoms with Gasteiger partial charge in [0, 0.05) is 10.7 Å². The van der Waals surface area contributed by atoms with E-state index < -0.39 is 36.0 Å². The van der Waals surface area contributed by atoms with Crippen LogP contribution >= 0.6 is 19.2 Å². The molecule has 0 aromatic heterocycles. The number of phenolic OH excluding ortho intramolecular Hbond substituents is 1. The summed E-state index contributed by atoms with van der Waals surface area (Å²) in [4.78, 5) is 27.6. The molecular formula is C34H42ClN2O6P. The first-order valence-electron chi connectivity index (χ1n) is 14.7. The molecule has 0 saturated heterocycles. The molecule has 0 fully saturated rings. The lowest BCUT2D eigenvalue weighted by Gasteiger charge is -2.33. The predicted molar refractivity (Wildman–Crippen MR) is 176 cm³/mol. The molecule has 10 heteroatoms. The average molecular weight is 641 g/mol. The minimum Gasteiger partial charge on any atom is -0.507 e. The zero-order chi connectivity index (χ0) is 32.8. The number of rotatable bonds is 9. The summed E-state index contributed by atoms with van der Waals surface area (Å²) in [5.74, 6) is -1.59. The fourth-order valence-electron chi connectivity index (χ4n) is 5.44. The predicted octanol–water partition coefficient (Wildman–Crippen LogP) is 9.13. The lowest BCUT2D eigenvalue weighted by molar-refractivity contribution is 0.0925. The van der Waals surface area contributed by atoms with Crippen molar-refractivity contribution in [3.8, 4) is 5.75 Å². The molecule has 0 bridgehead atoms. The second kappa shape index (κ2) is 12.3. The highest BCUT2D eigenvalue weighted by molar-refractivity contribution is 7.54. The van der Waals surface area contributed by atoms with Crippen molar-refractivity contribution >= 4 is 42.4 Å². The van der Waals surface area contributed by atoms with Crippen LogP contribution in [0, 0.1) is 6.92 Å². The van der Waals surface area contributed by atoms with E-state index in [2.05, 4.69) is 5.32 Å². The highest BCUT2D eigenvalue weighted by Gasteiger charge is 2.40. The monoisotopic (exact) mass is 640 g/mol. The van der Waals surface area contributed by atoms with Crippen LogP contribution in [-0.2, 0) is 24.4 Å². The van der Waals surface area contributed by atoms with Crippen molar-refractivity contribution in [2.45, 2.75) is 78.9 Å². The topological polar surface area (TPSA) is 105 Å². The van der Waals surface area contributed by atoms with Crippen LogP contribution in [0.4, 0.5) is 11.4 Å².